The van der Waals surface area contributed by atoms with Gasteiger partial charge in [0.05, 0.1) is 5.71 Å². The van der Waals surface area contributed by atoms with E-state index < -0.39 is 11.6 Å². The maximum atomic E-state index is 11.5. The second kappa shape index (κ2) is 9.01. The van der Waals surface area contributed by atoms with Gasteiger partial charge in [-0.15, -0.1) is 0 Å². The molecule has 6 heteroatoms. The lowest BCUT2D eigenvalue weighted by atomic mass is 10.1. The zero-order valence-corrected chi connectivity index (χ0v) is 15.4. The summed E-state index contributed by atoms with van der Waals surface area (Å²) in [5, 5.41) is 3.96. The second-order valence-corrected chi connectivity index (χ2v) is 6.51. The number of para-hydroxylation sites is 2. The summed E-state index contributed by atoms with van der Waals surface area (Å²) in [6.45, 7) is 6.73. The standard InChI is InChI=1S/C20H23NO5/c1-15(21-23-14-19(22)25-26-20(2,3)4)17-12-8-9-13-18(17)24-16-10-6-5-7-11-16/h5-13H,14H2,1-4H3/b21-15+. The molecule has 0 bridgehead atoms. The fourth-order valence-electron chi connectivity index (χ4n) is 1.90. The first-order chi connectivity index (χ1) is 12.3. The van der Waals surface area contributed by atoms with Gasteiger partial charge in [0.15, 0.2) is 0 Å². The summed E-state index contributed by atoms with van der Waals surface area (Å²) < 4.78 is 5.89. The molecule has 0 amide bonds. The number of rotatable bonds is 7. The van der Waals surface area contributed by atoms with Gasteiger partial charge in [0.2, 0.25) is 6.61 Å². The Labute approximate surface area is 153 Å². The summed E-state index contributed by atoms with van der Waals surface area (Å²) >= 11 is 0. The van der Waals surface area contributed by atoms with Crippen LogP contribution in [0.3, 0.4) is 0 Å². The van der Waals surface area contributed by atoms with E-state index in [1.807, 2.05) is 54.6 Å². The zero-order valence-electron chi connectivity index (χ0n) is 15.4. The van der Waals surface area contributed by atoms with Crippen molar-refractivity contribution in [3.05, 3.63) is 60.2 Å². The Bertz CT molecular complexity index is 750. The van der Waals surface area contributed by atoms with Crippen LogP contribution in [0.1, 0.15) is 33.3 Å². The number of nitrogens with zero attached hydrogens (tertiary/aromatic N) is 1. The van der Waals surface area contributed by atoms with Crippen molar-refractivity contribution < 1.29 is 24.1 Å². The van der Waals surface area contributed by atoms with Crippen molar-refractivity contribution >= 4 is 11.7 Å². The summed E-state index contributed by atoms with van der Waals surface area (Å²) in [5.41, 5.74) is 0.750. The van der Waals surface area contributed by atoms with Crippen LogP contribution in [0.25, 0.3) is 0 Å². The lowest BCUT2D eigenvalue weighted by molar-refractivity contribution is -0.322. The fraction of sp³-hybridized carbons (Fsp3) is 0.300. The van der Waals surface area contributed by atoms with Crippen molar-refractivity contribution in [1.29, 1.82) is 0 Å². The number of hydrogen-bond acceptors (Lipinski definition) is 6. The third-order valence-corrected chi connectivity index (χ3v) is 3.02. The van der Waals surface area contributed by atoms with Gasteiger partial charge in [-0.2, -0.15) is 4.89 Å². The molecule has 0 atom stereocenters. The molecule has 26 heavy (non-hydrogen) atoms. The van der Waals surface area contributed by atoms with E-state index in [1.165, 1.54) is 0 Å². The van der Waals surface area contributed by atoms with Crippen LogP contribution in [0.15, 0.2) is 59.8 Å². The summed E-state index contributed by atoms with van der Waals surface area (Å²) in [7, 11) is 0. The van der Waals surface area contributed by atoms with Crippen LogP contribution in [0.5, 0.6) is 11.5 Å². The van der Waals surface area contributed by atoms with Gasteiger partial charge in [-0.25, -0.2) is 4.79 Å². The van der Waals surface area contributed by atoms with Gasteiger partial charge in [0.25, 0.3) is 0 Å². The number of ether oxygens (including phenoxy) is 1. The Morgan fingerprint density at radius 2 is 1.65 bits per heavy atom. The van der Waals surface area contributed by atoms with Crippen LogP contribution in [0.4, 0.5) is 0 Å². The Morgan fingerprint density at radius 3 is 2.35 bits per heavy atom. The molecular weight excluding hydrogens is 334 g/mol. The predicted molar refractivity (Wildman–Crippen MR) is 98.1 cm³/mol. The van der Waals surface area contributed by atoms with Crippen LogP contribution in [-0.4, -0.2) is 23.9 Å². The highest BCUT2D eigenvalue weighted by Crippen LogP contribution is 2.25. The maximum absolute atomic E-state index is 11.5. The predicted octanol–water partition coefficient (Wildman–Crippen LogP) is 4.49. The van der Waals surface area contributed by atoms with Crippen LogP contribution in [-0.2, 0) is 19.4 Å². The van der Waals surface area contributed by atoms with Crippen molar-refractivity contribution in [3.8, 4) is 11.5 Å². The summed E-state index contributed by atoms with van der Waals surface area (Å²) in [6.07, 6.45) is 0. The molecule has 0 aromatic heterocycles. The molecule has 0 saturated carbocycles. The second-order valence-electron chi connectivity index (χ2n) is 6.51. The van der Waals surface area contributed by atoms with E-state index in [0.29, 0.717) is 11.5 Å². The zero-order chi connectivity index (χ0) is 19.0. The van der Waals surface area contributed by atoms with Crippen molar-refractivity contribution in [2.24, 2.45) is 5.16 Å². The average Bonchev–Trinajstić information content (AvgIpc) is 2.60. The molecule has 0 unspecified atom stereocenters. The minimum atomic E-state index is -0.662. The molecule has 0 radical (unpaired) electrons. The SMILES string of the molecule is C/C(=N\OCC(=O)OOC(C)(C)C)c1ccccc1Oc1ccccc1. The summed E-state index contributed by atoms with van der Waals surface area (Å²) in [4.78, 5) is 26.2. The fourth-order valence-corrected chi connectivity index (χ4v) is 1.90. The Balaban J connectivity index is 1.97. The monoisotopic (exact) mass is 357 g/mol. The molecule has 0 aliphatic heterocycles. The normalized spacial score (nSPS) is 11.8. The van der Waals surface area contributed by atoms with Crippen LogP contribution in [0.2, 0.25) is 0 Å². The maximum Gasteiger partial charge on any atom is 0.382 e. The summed E-state index contributed by atoms with van der Waals surface area (Å²) in [5.74, 6) is 0.698. The third-order valence-electron chi connectivity index (χ3n) is 3.02. The van der Waals surface area contributed by atoms with E-state index in [9.17, 15) is 4.79 Å². The van der Waals surface area contributed by atoms with Gasteiger partial charge < -0.3 is 9.57 Å². The summed E-state index contributed by atoms with van der Waals surface area (Å²) in [6, 6.07) is 16.9. The molecule has 0 N–H and O–H groups in total. The van der Waals surface area contributed by atoms with Gasteiger partial charge in [0.1, 0.15) is 17.1 Å². The van der Waals surface area contributed by atoms with Crippen molar-refractivity contribution in [3.63, 3.8) is 0 Å². The van der Waals surface area contributed by atoms with E-state index in [2.05, 4.69) is 10.0 Å². The lowest BCUT2D eigenvalue weighted by Gasteiger charge is -2.16. The largest absolute Gasteiger partial charge is 0.457 e. The Morgan fingerprint density at radius 1 is 1.00 bits per heavy atom. The van der Waals surface area contributed by atoms with Crippen LogP contribution in [0, 0.1) is 0 Å². The molecule has 0 heterocycles. The highest BCUT2D eigenvalue weighted by atomic mass is 17.2. The molecule has 2 aromatic rings. The van der Waals surface area contributed by atoms with E-state index in [-0.39, 0.29) is 6.61 Å². The highest BCUT2D eigenvalue weighted by molar-refractivity contribution is 6.00. The molecule has 6 nitrogen and oxygen atoms in total. The molecule has 2 aromatic carbocycles. The molecule has 0 fully saturated rings. The lowest BCUT2D eigenvalue weighted by Crippen LogP contribution is -2.23. The van der Waals surface area contributed by atoms with Crippen molar-refractivity contribution in [2.75, 3.05) is 6.61 Å². The van der Waals surface area contributed by atoms with Gasteiger partial charge in [-0.1, -0.05) is 35.5 Å². The van der Waals surface area contributed by atoms with Crippen LogP contribution >= 0.6 is 0 Å². The van der Waals surface area contributed by atoms with Crippen molar-refractivity contribution in [2.45, 2.75) is 33.3 Å². The van der Waals surface area contributed by atoms with Crippen LogP contribution < -0.4 is 4.74 Å². The first-order valence-electron chi connectivity index (χ1n) is 8.22. The smallest absolute Gasteiger partial charge is 0.382 e. The van der Waals surface area contributed by atoms with E-state index in [4.69, 9.17) is 14.5 Å². The van der Waals surface area contributed by atoms with E-state index >= 15 is 0 Å². The van der Waals surface area contributed by atoms with Gasteiger partial charge in [-0.05, 0) is 52.0 Å². The minimum Gasteiger partial charge on any atom is -0.457 e. The topological polar surface area (TPSA) is 66.4 Å². The number of carbonyl (C=O) groups is 1. The highest BCUT2D eigenvalue weighted by Gasteiger charge is 2.15. The first-order valence-corrected chi connectivity index (χ1v) is 8.22. The third kappa shape index (κ3) is 6.57. The average molecular weight is 357 g/mol. The molecule has 0 aliphatic rings. The quantitative estimate of drug-likeness (QED) is 0.415. The van der Waals surface area contributed by atoms with Gasteiger partial charge in [0, 0.05) is 5.56 Å². The molecule has 0 saturated heterocycles. The van der Waals surface area contributed by atoms with Gasteiger partial charge >= 0.3 is 5.97 Å². The number of oxime groups is 1. The molecule has 0 aliphatic carbocycles. The first kappa shape index (κ1) is 19.5. The van der Waals surface area contributed by atoms with Crippen molar-refractivity contribution in [1.82, 2.24) is 0 Å². The number of benzene rings is 2. The van der Waals surface area contributed by atoms with E-state index in [0.717, 1.165) is 11.3 Å². The van der Waals surface area contributed by atoms with Gasteiger partial charge in [-0.3, -0.25) is 4.89 Å². The molecule has 2 rings (SSSR count). The number of carbonyl (C=O) groups excluding carboxylic acids is 1. The number of hydrogen-bond donors (Lipinski definition) is 0. The molecule has 138 valence electrons. The Hall–Kier alpha value is -2.86. The Kier molecular flexibility index (Phi) is 6.74. The minimum absolute atomic E-state index is 0.352. The molecular formula is C20H23NO5. The molecule has 0 spiro atoms. The van der Waals surface area contributed by atoms with E-state index in [1.54, 1.807) is 27.7 Å².